The van der Waals surface area contributed by atoms with E-state index < -0.39 is 0 Å². The van der Waals surface area contributed by atoms with Crippen molar-refractivity contribution in [2.45, 2.75) is 32.3 Å². The molecular weight excluding hydrogens is 192 g/mol. The van der Waals surface area contributed by atoms with Gasteiger partial charge in [-0.15, -0.1) is 0 Å². The number of Topliss-reactive ketones (excluding diaryl/α,β-unsaturated/α-hetero) is 1. The van der Waals surface area contributed by atoms with Crippen molar-refractivity contribution in [3.05, 3.63) is 18.0 Å². The Bertz CT molecular complexity index is 342. The first-order valence-electron chi connectivity index (χ1n) is 5.02. The lowest BCUT2D eigenvalue weighted by Crippen LogP contribution is -2.23. The smallest absolute Gasteiger partial charge is 0.183 e. The lowest BCUT2D eigenvalue weighted by Gasteiger charge is -2.21. The molecule has 1 rings (SSSR count). The molecule has 4 heteroatoms. The molecule has 0 atom stereocenters. The van der Waals surface area contributed by atoms with E-state index in [-0.39, 0.29) is 11.4 Å². The minimum absolute atomic E-state index is 0.0701. The second kappa shape index (κ2) is 4.57. The van der Waals surface area contributed by atoms with Crippen LogP contribution >= 0.6 is 0 Å². The molecule has 0 fully saturated rings. The summed E-state index contributed by atoms with van der Waals surface area (Å²) in [4.78, 5) is 11.7. The SMILES string of the molecule is COC(C)(C)CCC(=O)c1ccn(C)n1. The number of aryl methyl sites for hydroxylation is 1. The highest BCUT2D eigenvalue weighted by Crippen LogP contribution is 2.16. The molecule has 4 nitrogen and oxygen atoms in total. The van der Waals surface area contributed by atoms with Gasteiger partial charge in [0.05, 0.1) is 5.60 Å². The summed E-state index contributed by atoms with van der Waals surface area (Å²) in [5.41, 5.74) is 0.286. The number of hydrogen-bond acceptors (Lipinski definition) is 3. The first-order chi connectivity index (χ1) is 6.94. The van der Waals surface area contributed by atoms with Crippen LogP contribution in [-0.2, 0) is 11.8 Å². The van der Waals surface area contributed by atoms with E-state index in [0.717, 1.165) is 0 Å². The fourth-order valence-corrected chi connectivity index (χ4v) is 1.21. The van der Waals surface area contributed by atoms with Gasteiger partial charge in [-0.05, 0) is 26.3 Å². The second-order valence-corrected chi connectivity index (χ2v) is 4.26. The van der Waals surface area contributed by atoms with Gasteiger partial charge in [-0.1, -0.05) is 0 Å². The molecule has 84 valence electrons. The molecule has 0 aromatic carbocycles. The Morgan fingerprint density at radius 2 is 2.27 bits per heavy atom. The Morgan fingerprint density at radius 1 is 1.60 bits per heavy atom. The monoisotopic (exact) mass is 210 g/mol. The number of nitrogens with zero attached hydrogens (tertiary/aromatic N) is 2. The van der Waals surface area contributed by atoms with Crippen molar-refractivity contribution in [3.8, 4) is 0 Å². The lowest BCUT2D eigenvalue weighted by atomic mass is 10.00. The minimum Gasteiger partial charge on any atom is -0.379 e. The molecule has 0 saturated heterocycles. The van der Waals surface area contributed by atoms with Gasteiger partial charge in [0.2, 0.25) is 0 Å². The zero-order valence-electron chi connectivity index (χ0n) is 9.78. The largest absolute Gasteiger partial charge is 0.379 e. The number of carbonyl (C=O) groups is 1. The molecule has 0 spiro atoms. The summed E-state index contributed by atoms with van der Waals surface area (Å²) in [6.07, 6.45) is 2.95. The first-order valence-corrected chi connectivity index (χ1v) is 5.02. The van der Waals surface area contributed by atoms with Crippen LogP contribution in [0.3, 0.4) is 0 Å². The Morgan fingerprint density at radius 3 is 2.73 bits per heavy atom. The summed E-state index contributed by atoms with van der Waals surface area (Å²) in [7, 11) is 3.46. The van der Waals surface area contributed by atoms with Crippen molar-refractivity contribution in [3.63, 3.8) is 0 Å². The third-order valence-electron chi connectivity index (χ3n) is 2.51. The normalized spacial score (nSPS) is 11.7. The van der Waals surface area contributed by atoms with Gasteiger partial charge in [0.15, 0.2) is 5.78 Å². The second-order valence-electron chi connectivity index (χ2n) is 4.26. The molecular formula is C11H18N2O2. The van der Waals surface area contributed by atoms with E-state index in [9.17, 15) is 4.79 Å². The first kappa shape index (κ1) is 11.9. The highest BCUT2D eigenvalue weighted by atomic mass is 16.5. The average molecular weight is 210 g/mol. The van der Waals surface area contributed by atoms with Gasteiger partial charge in [-0.25, -0.2) is 0 Å². The molecule has 0 aliphatic rings. The Kier molecular flexibility index (Phi) is 3.63. The molecule has 0 radical (unpaired) electrons. The molecule has 0 saturated carbocycles. The number of aromatic nitrogens is 2. The highest BCUT2D eigenvalue weighted by molar-refractivity contribution is 5.94. The van der Waals surface area contributed by atoms with Crippen LogP contribution in [-0.4, -0.2) is 28.3 Å². The van der Waals surface area contributed by atoms with Crippen LogP contribution in [0, 0.1) is 0 Å². The van der Waals surface area contributed by atoms with Crippen molar-refractivity contribution >= 4 is 5.78 Å². The topological polar surface area (TPSA) is 44.1 Å². The number of ether oxygens (including phenoxy) is 1. The molecule has 0 N–H and O–H groups in total. The zero-order chi connectivity index (χ0) is 11.5. The summed E-state index contributed by atoms with van der Waals surface area (Å²) in [6, 6.07) is 1.74. The molecule has 1 heterocycles. The minimum atomic E-state index is -0.246. The van der Waals surface area contributed by atoms with Gasteiger partial charge in [0.25, 0.3) is 0 Å². The predicted molar refractivity (Wildman–Crippen MR) is 57.9 cm³/mol. The average Bonchev–Trinajstić information content (AvgIpc) is 2.61. The van der Waals surface area contributed by atoms with Gasteiger partial charge < -0.3 is 4.74 Å². The highest BCUT2D eigenvalue weighted by Gasteiger charge is 2.19. The van der Waals surface area contributed by atoms with E-state index in [1.807, 2.05) is 13.8 Å². The Balaban J connectivity index is 2.50. The van der Waals surface area contributed by atoms with E-state index >= 15 is 0 Å². The lowest BCUT2D eigenvalue weighted by molar-refractivity contribution is 0.0141. The molecule has 1 aromatic rings. The summed E-state index contributed by atoms with van der Waals surface area (Å²) < 4.78 is 6.88. The molecule has 0 amide bonds. The summed E-state index contributed by atoms with van der Waals surface area (Å²) >= 11 is 0. The van der Waals surface area contributed by atoms with Crippen molar-refractivity contribution in [1.29, 1.82) is 0 Å². The van der Waals surface area contributed by atoms with Gasteiger partial charge in [-0.3, -0.25) is 9.48 Å². The van der Waals surface area contributed by atoms with Crippen molar-refractivity contribution in [1.82, 2.24) is 9.78 Å². The van der Waals surface area contributed by atoms with Crippen LogP contribution in [0.5, 0.6) is 0 Å². The molecule has 1 aromatic heterocycles. The molecule has 0 bridgehead atoms. The third kappa shape index (κ3) is 3.47. The van der Waals surface area contributed by atoms with Gasteiger partial charge >= 0.3 is 0 Å². The molecule has 0 aliphatic heterocycles. The fraction of sp³-hybridized carbons (Fsp3) is 0.636. The van der Waals surface area contributed by atoms with E-state index in [2.05, 4.69) is 5.10 Å². The molecule has 0 aliphatic carbocycles. The van der Waals surface area contributed by atoms with Crippen LogP contribution in [0.2, 0.25) is 0 Å². The van der Waals surface area contributed by atoms with E-state index in [0.29, 0.717) is 18.5 Å². The summed E-state index contributed by atoms with van der Waals surface area (Å²) in [6.45, 7) is 3.94. The maximum Gasteiger partial charge on any atom is 0.183 e. The Hall–Kier alpha value is -1.16. The maximum absolute atomic E-state index is 11.7. The molecule has 0 unspecified atom stereocenters. The summed E-state index contributed by atoms with van der Waals surface area (Å²) in [5.74, 6) is 0.0701. The van der Waals surface area contributed by atoms with Crippen LogP contribution < -0.4 is 0 Å². The van der Waals surface area contributed by atoms with Crippen molar-refractivity contribution in [2.24, 2.45) is 7.05 Å². The van der Waals surface area contributed by atoms with Crippen LogP contribution in [0.1, 0.15) is 37.2 Å². The van der Waals surface area contributed by atoms with E-state index in [1.54, 1.807) is 31.1 Å². The van der Waals surface area contributed by atoms with Gasteiger partial charge in [0.1, 0.15) is 5.69 Å². The number of carbonyl (C=O) groups excluding carboxylic acids is 1. The number of rotatable bonds is 5. The van der Waals surface area contributed by atoms with Crippen LogP contribution in [0.25, 0.3) is 0 Å². The zero-order valence-corrected chi connectivity index (χ0v) is 9.78. The Labute approximate surface area is 90.2 Å². The van der Waals surface area contributed by atoms with Crippen molar-refractivity contribution < 1.29 is 9.53 Å². The fourth-order valence-electron chi connectivity index (χ4n) is 1.21. The van der Waals surface area contributed by atoms with E-state index in [4.69, 9.17) is 4.74 Å². The van der Waals surface area contributed by atoms with Crippen LogP contribution in [0.4, 0.5) is 0 Å². The van der Waals surface area contributed by atoms with E-state index in [1.165, 1.54) is 0 Å². The number of methoxy groups -OCH3 is 1. The number of hydrogen-bond donors (Lipinski definition) is 0. The molecule has 15 heavy (non-hydrogen) atoms. The third-order valence-corrected chi connectivity index (χ3v) is 2.51. The van der Waals surface area contributed by atoms with Crippen LogP contribution in [0.15, 0.2) is 12.3 Å². The predicted octanol–water partition coefficient (Wildman–Crippen LogP) is 1.81. The quantitative estimate of drug-likeness (QED) is 0.696. The standard InChI is InChI=1S/C11H18N2O2/c1-11(2,15-4)7-5-10(14)9-6-8-13(3)12-9/h6,8H,5,7H2,1-4H3. The van der Waals surface area contributed by atoms with Crippen molar-refractivity contribution in [2.75, 3.05) is 7.11 Å². The van der Waals surface area contributed by atoms with Gasteiger partial charge in [0, 0.05) is 26.8 Å². The number of ketones is 1. The summed E-state index contributed by atoms with van der Waals surface area (Å²) in [5, 5.41) is 4.06. The van der Waals surface area contributed by atoms with Gasteiger partial charge in [-0.2, -0.15) is 5.10 Å². The maximum atomic E-state index is 11.7.